The van der Waals surface area contributed by atoms with E-state index in [1.54, 1.807) is 0 Å². The SMILES string of the molecule is Cc1cc(Br)oc1C(=O)N1CCCC1CC(C)(C)C. The van der Waals surface area contributed by atoms with E-state index >= 15 is 0 Å². The fourth-order valence-electron chi connectivity index (χ4n) is 2.81. The van der Waals surface area contributed by atoms with Crippen molar-refractivity contribution in [1.82, 2.24) is 4.90 Å². The largest absolute Gasteiger partial charge is 0.444 e. The summed E-state index contributed by atoms with van der Waals surface area (Å²) >= 11 is 3.29. The van der Waals surface area contributed by atoms with Crippen LogP contribution in [0.2, 0.25) is 0 Å². The highest BCUT2D eigenvalue weighted by molar-refractivity contribution is 9.10. The number of carbonyl (C=O) groups excluding carboxylic acids is 1. The van der Waals surface area contributed by atoms with E-state index in [2.05, 4.69) is 36.7 Å². The Morgan fingerprint density at radius 3 is 2.74 bits per heavy atom. The van der Waals surface area contributed by atoms with Gasteiger partial charge in [-0.1, -0.05) is 20.8 Å². The molecule has 1 aromatic heterocycles. The highest BCUT2D eigenvalue weighted by Crippen LogP contribution is 2.32. The molecule has 0 aliphatic carbocycles. The predicted octanol–water partition coefficient (Wildman–Crippen LogP) is 4.39. The maximum absolute atomic E-state index is 12.6. The Morgan fingerprint density at radius 1 is 1.53 bits per heavy atom. The third-order valence-corrected chi connectivity index (χ3v) is 3.96. The van der Waals surface area contributed by atoms with E-state index in [4.69, 9.17) is 4.42 Å². The van der Waals surface area contributed by atoms with Gasteiger partial charge in [0.15, 0.2) is 10.4 Å². The van der Waals surface area contributed by atoms with Gasteiger partial charge in [0, 0.05) is 18.2 Å². The second-order valence-corrected chi connectivity index (χ2v) is 7.40. The van der Waals surface area contributed by atoms with Crippen LogP contribution in [-0.4, -0.2) is 23.4 Å². The van der Waals surface area contributed by atoms with E-state index < -0.39 is 0 Å². The molecule has 19 heavy (non-hydrogen) atoms. The lowest BCUT2D eigenvalue weighted by Crippen LogP contribution is -2.37. The third kappa shape index (κ3) is 3.41. The minimum atomic E-state index is 0.0370. The molecule has 106 valence electrons. The summed E-state index contributed by atoms with van der Waals surface area (Å²) in [4.78, 5) is 14.6. The van der Waals surface area contributed by atoms with E-state index in [9.17, 15) is 4.79 Å². The molecule has 1 aliphatic rings. The van der Waals surface area contributed by atoms with Crippen LogP contribution in [0, 0.1) is 12.3 Å². The van der Waals surface area contributed by atoms with E-state index in [0.717, 1.165) is 31.4 Å². The van der Waals surface area contributed by atoms with Crippen molar-refractivity contribution in [2.75, 3.05) is 6.54 Å². The molecule has 2 rings (SSSR count). The number of hydrogen-bond donors (Lipinski definition) is 0. The van der Waals surface area contributed by atoms with E-state index in [-0.39, 0.29) is 11.3 Å². The highest BCUT2D eigenvalue weighted by atomic mass is 79.9. The molecule has 0 radical (unpaired) electrons. The number of amides is 1. The Morgan fingerprint density at radius 2 is 2.21 bits per heavy atom. The Bertz CT molecular complexity index is 473. The van der Waals surface area contributed by atoms with Crippen molar-refractivity contribution >= 4 is 21.8 Å². The monoisotopic (exact) mass is 327 g/mol. The number of nitrogens with zero attached hydrogens (tertiary/aromatic N) is 1. The van der Waals surface area contributed by atoms with Gasteiger partial charge in [-0.3, -0.25) is 4.79 Å². The molecule has 2 heterocycles. The molecule has 3 nitrogen and oxygen atoms in total. The van der Waals surface area contributed by atoms with Gasteiger partial charge >= 0.3 is 0 Å². The molecule has 0 spiro atoms. The van der Waals surface area contributed by atoms with E-state index in [1.807, 2.05) is 17.9 Å². The first-order valence-electron chi connectivity index (χ1n) is 6.85. The molecular formula is C15H22BrNO2. The van der Waals surface area contributed by atoms with Crippen LogP contribution in [0.4, 0.5) is 0 Å². The van der Waals surface area contributed by atoms with Crippen molar-refractivity contribution in [3.63, 3.8) is 0 Å². The van der Waals surface area contributed by atoms with Gasteiger partial charge < -0.3 is 9.32 Å². The van der Waals surface area contributed by atoms with Crippen molar-refractivity contribution in [2.45, 2.75) is 53.0 Å². The molecule has 1 saturated heterocycles. The lowest BCUT2D eigenvalue weighted by Gasteiger charge is -2.30. The molecule has 1 fully saturated rings. The molecule has 4 heteroatoms. The lowest BCUT2D eigenvalue weighted by molar-refractivity contribution is 0.0669. The first-order chi connectivity index (χ1) is 8.78. The van der Waals surface area contributed by atoms with Gasteiger partial charge in [0.2, 0.25) is 0 Å². The normalized spacial score (nSPS) is 20.1. The zero-order chi connectivity index (χ0) is 14.2. The Kier molecular flexibility index (Phi) is 4.09. The third-order valence-electron chi connectivity index (χ3n) is 3.57. The highest BCUT2D eigenvalue weighted by Gasteiger charge is 2.34. The summed E-state index contributed by atoms with van der Waals surface area (Å²) in [7, 11) is 0. The Balaban J connectivity index is 2.16. The number of furan rings is 1. The van der Waals surface area contributed by atoms with Crippen LogP contribution in [0.1, 0.15) is 56.2 Å². The average Bonchev–Trinajstić information content (AvgIpc) is 2.82. The van der Waals surface area contributed by atoms with Crippen molar-refractivity contribution < 1.29 is 9.21 Å². The molecule has 1 amide bonds. The minimum absolute atomic E-state index is 0.0370. The first-order valence-corrected chi connectivity index (χ1v) is 7.64. The van der Waals surface area contributed by atoms with E-state index in [0.29, 0.717) is 16.5 Å². The lowest BCUT2D eigenvalue weighted by atomic mass is 9.87. The van der Waals surface area contributed by atoms with Crippen LogP contribution >= 0.6 is 15.9 Å². The zero-order valence-electron chi connectivity index (χ0n) is 12.1. The number of aryl methyl sites for hydroxylation is 1. The molecule has 0 bridgehead atoms. The summed E-state index contributed by atoms with van der Waals surface area (Å²) in [6, 6.07) is 2.19. The molecule has 1 atom stereocenters. The van der Waals surface area contributed by atoms with Crippen LogP contribution in [0.3, 0.4) is 0 Å². The van der Waals surface area contributed by atoms with E-state index in [1.165, 1.54) is 0 Å². The number of rotatable bonds is 2. The number of carbonyl (C=O) groups is 1. The molecule has 1 aliphatic heterocycles. The van der Waals surface area contributed by atoms with Crippen molar-refractivity contribution in [1.29, 1.82) is 0 Å². The smallest absolute Gasteiger partial charge is 0.290 e. The fourth-order valence-corrected chi connectivity index (χ4v) is 3.31. The molecule has 1 aromatic rings. The van der Waals surface area contributed by atoms with Gasteiger partial charge in [0.25, 0.3) is 5.91 Å². The molecule has 1 unspecified atom stereocenters. The number of hydrogen-bond acceptors (Lipinski definition) is 2. The standard InChI is InChI=1S/C15H22BrNO2/c1-10-8-12(16)19-13(10)14(18)17-7-5-6-11(17)9-15(2,3)4/h8,11H,5-7,9H2,1-4H3. The molecule has 0 saturated carbocycles. The minimum Gasteiger partial charge on any atom is -0.444 e. The van der Waals surface area contributed by atoms with Gasteiger partial charge in [-0.2, -0.15) is 0 Å². The molecule has 0 N–H and O–H groups in total. The fraction of sp³-hybridized carbons (Fsp3) is 0.667. The summed E-state index contributed by atoms with van der Waals surface area (Å²) in [6.07, 6.45) is 3.23. The van der Waals surface area contributed by atoms with Gasteiger partial charge in [-0.05, 0) is 53.6 Å². The van der Waals surface area contributed by atoms with Crippen molar-refractivity contribution in [2.24, 2.45) is 5.41 Å². The van der Waals surface area contributed by atoms with Gasteiger partial charge in [0.1, 0.15) is 0 Å². The van der Waals surface area contributed by atoms with Gasteiger partial charge in [-0.25, -0.2) is 0 Å². The van der Waals surface area contributed by atoms with Crippen LogP contribution in [0.25, 0.3) is 0 Å². The Hall–Kier alpha value is -0.770. The average molecular weight is 328 g/mol. The number of likely N-dealkylation sites (tertiary alicyclic amines) is 1. The van der Waals surface area contributed by atoms with Crippen molar-refractivity contribution in [3.8, 4) is 0 Å². The summed E-state index contributed by atoms with van der Waals surface area (Å²) in [5.74, 6) is 0.516. The van der Waals surface area contributed by atoms with Crippen LogP contribution < -0.4 is 0 Å². The molecule has 0 aromatic carbocycles. The summed E-state index contributed by atoms with van der Waals surface area (Å²) in [5.41, 5.74) is 1.14. The maximum Gasteiger partial charge on any atom is 0.290 e. The van der Waals surface area contributed by atoms with Crippen LogP contribution in [0.15, 0.2) is 15.2 Å². The second kappa shape index (κ2) is 5.31. The quantitative estimate of drug-likeness (QED) is 0.807. The first kappa shape index (κ1) is 14.6. The summed E-state index contributed by atoms with van der Waals surface area (Å²) in [6.45, 7) is 9.43. The van der Waals surface area contributed by atoms with Crippen LogP contribution in [0.5, 0.6) is 0 Å². The summed E-state index contributed by atoms with van der Waals surface area (Å²) < 4.78 is 6.12. The van der Waals surface area contributed by atoms with Crippen molar-refractivity contribution in [3.05, 3.63) is 22.1 Å². The topological polar surface area (TPSA) is 33.5 Å². The second-order valence-electron chi connectivity index (χ2n) is 6.62. The predicted molar refractivity (Wildman–Crippen MR) is 79.3 cm³/mol. The van der Waals surface area contributed by atoms with Gasteiger partial charge in [0.05, 0.1) is 0 Å². The molecular weight excluding hydrogens is 306 g/mol. The number of halogens is 1. The maximum atomic E-state index is 12.6. The zero-order valence-corrected chi connectivity index (χ0v) is 13.7. The van der Waals surface area contributed by atoms with Crippen LogP contribution in [-0.2, 0) is 0 Å². The Labute approximate surface area is 123 Å². The summed E-state index contributed by atoms with van der Waals surface area (Å²) in [5, 5.41) is 0. The van der Waals surface area contributed by atoms with Gasteiger partial charge in [-0.15, -0.1) is 0 Å².